The second kappa shape index (κ2) is 8.32. The summed E-state index contributed by atoms with van der Waals surface area (Å²) in [4.78, 5) is 12.1. The van der Waals surface area contributed by atoms with Crippen molar-refractivity contribution in [3.05, 3.63) is 54.9 Å². The summed E-state index contributed by atoms with van der Waals surface area (Å²) in [5, 5.41) is 1.17. The molecular formula is C24H26N4O2. The molecule has 154 valence electrons. The van der Waals surface area contributed by atoms with E-state index in [2.05, 4.69) is 40.2 Å². The van der Waals surface area contributed by atoms with Crippen LogP contribution >= 0.6 is 0 Å². The molecule has 3 heterocycles. The van der Waals surface area contributed by atoms with Crippen LogP contribution in [-0.4, -0.2) is 47.9 Å². The number of ether oxygens (including phenoxy) is 2. The normalized spacial score (nSPS) is 14.5. The van der Waals surface area contributed by atoms with Gasteiger partial charge in [-0.3, -0.25) is 4.57 Å². The summed E-state index contributed by atoms with van der Waals surface area (Å²) >= 11 is 0. The Morgan fingerprint density at radius 3 is 2.73 bits per heavy atom. The molecule has 0 spiro atoms. The Morgan fingerprint density at radius 2 is 1.87 bits per heavy atom. The van der Waals surface area contributed by atoms with Crippen LogP contribution in [-0.2, 0) is 4.74 Å². The van der Waals surface area contributed by atoms with Crippen LogP contribution in [0.4, 0.5) is 5.69 Å². The fraction of sp³-hybridized carbons (Fsp3) is 0.333. The number of fused-ring (bicyclic) bond motifs is 2. The van der Waals surface area contributed by atoms with Crippen molar-refractivity contribution in [3.63, 3.8) is 0 Å². The average Bonchev–Trinajstić information content (AvgIpc) is 3.22. The molecule has 1 aliphatic rings. The fourth-order valence-electron chi connectivity index (χ4n) is 4.15. The van der Waals surface area contributed by atoms with Crippen LogP contribution in [0.5, 0.6) is 5.75 Å². The summed E-state index contributed by atoms with van der Waals surface area (Å²) in [7, 11) is 1.67. The van der Waals surface area contributed by atoms with Gasteiger partial charge in [-0.05, 0) is 49.6 Å². The van der Waals surface area contributed by atoms with Gasteiger partial charge in [-0.15, -0.1) is 0 Å². The number of imidazole rings is 1. The number of nitrogens with zero attached hydrogens (tertiary/aromatic N) is 4. The molecular weight excluding hydrogens is 376 g/mol. The molecule has 2 aromatic carbocycles. The van der Waals surface area contributed by atoms with Gasteiger partial charge in [0, 0.05) is 31.7 Å². The lowest BCUT2D eigenvalue weighted by Gasteiger charge is -2.29. The van der Waals surface area contributed by atoms with Crippen molar-refractivity contribution >= 4 is 27.6 Å². The van der Waals surface area contributed by atoms with Gasteiger partial charge in [-0.25, -0.2) is 9.97 Å². The number of hydrogen-bond donors (Lipinski definition) is 0. The lowest BCUT2D eigenvalue weighted by molar-refractivity contribution is 0.146. The minimum Gasteiger partial charge on any atom is -0.491 e. The van der Waals surface area contributed by atoms with Crippen molar-refractivity contribution < 1.29 is 9.47 Å². The quantitative estimate of drug-likeness (QED) is 0.442. The SMILES string of the molecule is COCCOc1ccc2c(c1)ncn2-c1ccc2cccc(N3CCCCC3)c2n1. The average molecular weight is 402 g/mol. The second-order valence-electron chi connectivity index (χ2n) is 7.67. The number of rotatable bonds is 6. The Morgan fingerprint density at radius 1 is 0.967 bits per heavy atom. The van der Waals surface area contributed by atoms with E-state index < -0.39 is 0 Å². The first-order valence-electron chi connectivity index (χ1n) is 10.6. The molecule has 2 aromatic heterocycles. The number of pyridine rings is 1. The minimum atomic E-state index is 0.522. The Balaban J connectivity index is 1.52. The van der Waals surface area contributed by atoms with Crippen LogP contribution in [0, 0.1) is 0 Å². The highest BCUT2D eigenvalue weighted by molar-refractivity contribution is 5.92. The molecule has 0 saturated carbocycles. The number of aromatic nitrogens is 3. The van der Waals surface area contributed by atoms with Gasteiger partial charge in [0.2, 0.25) is 0 Å². The third kappa shape index (κ3) is 3.59. The number of hydrogen-bond acceptors (Lipinski definition) is 5. The Kier molecular flexibility index (Phi) is 5.24. The monoisotopic (exact) mass is 402 g/mol. The van der Waals surface area contributed by atoms with Gasteiger partial charge in [0.25, 0.3) is 0 Å². The number of piperidine rings is 1. The number of methoxy groups -OCH3 is 1. The van der Waals surface area contributed by atoms with E-state index in [4.69, 9.17) is 14.5 Å². The molecule has 30 heavy (non-hydrogen) atoms. The third-order valence-electron chi connectivity index (χ3n) is 5.70. The first-order valence-corrected chi connectivity index (χ1v) is 10.6. The van der Waals surface area contributed by atoms with Gasteiger partial charge in [0.05, 0.1) is 28.8 Å². The van der Waals surface area contributed by atoms with E-state index in [9.17, 15) is 0 Å². The smallest absolute Gasteiger partial charge is 0.139 e. The molecule has 4 aromatic rings. The van der Waals surface area contributed by atoms with Gasteiger partial charge in [0.15, 0.2) is 0 Å². The van der Waals surface area contributed by atoms with Gasteiger partial charge in [0.1, 0.15) is 24.5 Å². The first kappa shape index (κ1) is 18.9. The van der Waals surface area contributed by atoms with E-state index >= 15 is 0 Å². The van der Waals surface area contributed by atoms with E-state index in [0.717, 1.165) is 41.2 Å². The van der Waals surface area contributed by atoms with Crippen LogP contribution in [0.1, 0.15) is 19.3 Å². The summed E-state index contributed by atoms with van der Waals surface area (Å²) in [5.41, 5.74) is 4.18. The van der Waals surface area contributed by atoms with E-state index in [0.29, 0.717) is 13.2 Å². The summed E-state index contributed by atoms with van der Waals surface area (Å²) in [6.07, 6.45) is 5.65. The summed E-state index contributed by atoms with van der Waals surface area (Å²) < 4.78 is 12.8. The standard InChI is InChI=1S/C24H26N4O2/c1-29-14-15-30-19-9-10-21-20(16-19)25-17-28(21)23-11-8-18-6-5-7-22(24(18)26-23)27-12-3-2-4-13-27/h5-11,16-17H,2-4,12-15H2,1H3. The van der Waals surface area contributed by atoms with Gasteiger partial charge in [-0.2, -0.15) is 0 Å². The van der Waals surface area contributed by atoms with Crippen molar-refractivity contribution in [2.45, 2.75) is 19.3 Å². The summed E-state index contributed by atoms with van der Waals surface area (Å²) in [6.45, 7) is 3.29. The Labute approximate surface area is 176 Å². The lowest BCUT2D eigenvalue weighted by Crippen LogP contribution is -2.29. The zero-order valence-electron chi connectivity index (χ0n) is 17.3. The summed E-state index contributed by atoms with van der Waals surface area (Å²) in [5.74, 6) is 1.67. The predicted octanol–water partition coefficient (Wildman–Crippen LogP) is 4.59. The molecule has 1 aliphatic heterocycles. The predicted molar refractivity (Wildman–Crippen MR) is 120 cm³/mol. The summed E-state index contributed by atoms with van der Waals surface area (Å²) in [6, 6.07) is 16.6. The Bertz CT molecular complexity index is 1160. The highest BCUT2D eigenvalue weighted by Crippen LogP contribution is 2.29. The molecule has 0 N–H and O–H groups in total. The van der Waals surface area contributed by atoms with Gasteiger partial charge >= 0.3 is 0 Å². The molecule has 0 bridgehead atoms. The minimum absolute atomic E-state index is 0.522. The number of benzene rings is 2. The van der Waals surface area contributed by atoms with Crippen LogP contribution in [0.2, 0.25) is 0 Å². The van der Waals surface area contributed by atoms with E-state index in [-0.39, 0.29) is 0 Å². The maximum atomic E-state index is 5.71. The Hall–Kier alpha value is -3.12. The third-order valence-corrected chi connectivity index (χ3v) is 5.70. The molecule has 0 radical (unpaired) electrons. The molecule has 0 aliphatic carbocycles. The van der Waals surface area contributed by atoms with E-state index in [1.807, 2.05) is 29.1 Å². The maximum Gasteiger partial charge on any atom is 0.139 e. The van der Waals surface area contributed by atoms with Crippen LogP contribution in [0.15, 0.2) is 54.9 Å². The maximum absolute atomic E-state index is 5.71. The largest absolute Gasteiger partial charge is 0.491 e. The number of anilines is 1. The van der Waals surface area contributed by atoms with Crippen molar-refractivity contribution in [2.24, 2.45) is 0 Å². The van der Waals surface area contributed by atoms with Crippen molar-refractivity contribution in [2.75, 3.05) is 38.3 Å². The topological polar surface area (TPSA) is 52.4 Å². The van der Waals surface area contributed by atoms with Crippen LogP contribution in [0.25, 0.3) is 27.8 Å². The molecule has 5 rings (SSSR count). The van der Waals surface area contributed by atoms with Crippen molar-refractivity contribution in [1.82, 2.24) is 14.5 Å². The van der Waals surface area contributed by atoms with E-state index in [1.54, 1.807) is 7.11 Å². The molecule has 6 heteroatoms. The fourth-order valence-corrected chi connectivity index (χ4v) is 4.15. The highest BCUT2D eigenvalue weighted by atomic mass is 16.5. The van der Waals surface area contributed by atoms with Crippen molar-refractivity contribution in [3.8, 4) is 11.6 Å². The molecule has 0 amide bonds. The van der Waals surface area contributed by atoms with Gasteiger partial charge < -0.3 is 14.4 Å². The molecule has 1 saturated heterocycles. The highest BCUT2D eigenvalue weighted by Gasteiger charge is 2.15. The molecule has 1 fully saturated rings. The van der Waals surface area contributed by atoms with Gasteiger partial charge in [-0.1, -0.05) is 12.1 Å². The second-order valence-corrected chi connectivity index (χ2v) is 7.67. The van der Waals surface area contributed by atoms with E-state index in [1.165, 1.54) is 30.3 Å². The zero-order chi connectivity index (χ0) is 20.3. The number of para-hydroxylation sites is 1. The van der Waals surface area contributed by atoms with Crippen molar-refractivity contribution in [1.29, 1.82) is 0 Å². The lowest BCUT2D eigenvalue weighted by atomic mass is 10.1. The molecule has 0 unspecified atom stereocenters. The van der Waals surface area contributed by atoms with Crippen LogP contribution in [0.3, 0.4) is 0 Å². The zero-order valence-corrected chi connectivity index (χ0v) is 17.3. The molecule has 6 nitrogen and oxygen atoms in total. The first-order chi connectivity index (χ1) is 14.8. The van der Waals surface area contributed by atoms with Crippen LogP contribution < -0.4 is 9.64 Å². The molecule has 0 atom stereocenters.